The Morgan fingerprint density at radius 2 is 2.15 bits per heavy atom. The number of rotatable bonds is 6. The summed E-state index contributed by atoms with van der Waals surface area (Å²) in [5, 5.41) is 29.2. The van der Waals surface area contributed by atoms with E-state index in [1.807, 2.05) is 19.9 Å². The molecule has 2 aliphatic rings. The SMILES string of the molecule is CCC#CC[C@H](C)[C@H](O)C#CC1[C@H]2C/C(=C/COCC(=O)O)CC2C[C@H]1O. The zero-order valence-corrected chi connectivity index (χ0v) is 16.1. The lowest BCUT2D eigenvalue weighted by Crippen LogP contribution is -2.19. The van der Waals surface area contributed by atoms with E-state index >= 15 is 0 Å². The van der Waals surface area contributed by atoms with Gasteiger partial charge < -0.3 is 20.1 Å². The van der Waals surface area contributed by atoms with E-state index in [0.717, 1.165) is 25.7 Å². The third kappa shape index (κ3) is 6.40. The molecule has 6 atom stereocenters. The summed E-state index contributed by atoms with van der Waals surface area (Å²) in [5.41, 5.74) is 1.25. The average molecular weight is 374 g/mol. The summed E-state index contributed by atoms with van der Waals surface area (Å²) in [6, 6.07) is 0. The number of ether oxygens (including phenoxy) is 1. The van der Waals surface area contributed by atoms with Crippen molar-refractivity contribution in [2.75, 3.05) is 13.2 Å². The Kier molecular flexibility index (Phi) is 8.38. The van der Waals surface area contributed by atoms with Crippen molar-refractivity contribution >= 4 is 5.97 Å². The first-order valence-electron chi connectivity index (χ1n) is 9.72. The van der Waals surface area contributed by atoms with E-state index in [1.165, 1.54) is 5.57 Å². The van der Waals surface area contributed by atoms with Gasteiger partial charge in [0.1, 0.15) is 12.7 Å². The van der Waals surface area contributed by atoms with Crippen LogP contribution in [0.4, 0.5) is 0 Å². The number of fused-ring (bicyclic) bond motifs is 1. The van der Waals surface area contributed by atoms with Gasteiger partial charge in [-0.3, -0.25) is 0 Å². The highest BCUT2D eigenvalue weighted by atomic mass is 16.5. The molecule has 2 rings (SSSR count). The first-order chi connectivity index (χ1) is 12.9. The van der Waals surface area contributed by atoms with Gasteiger partial charge in [-0.05, 0) is 31.1 Å². The van der Waals surface area contributed by atoms with Crippen molar-refractivity contribution in [2.45, 2.75) is 58.2 Å². The zero-order valence-electron chi connectivity index (χ0n) is 16.1. The first-order valence-corrected chi connectivity index (χ1v) is 9.72. The highest BCUT2D eigenvalue weighted by molar-refractivity contribution is 5.68. The number of carboxylic acids is 1. The second-order valence-electron chi connectivity index (χ2n) is 7.55. The molecule has 0 spiro atoms. The van der Waals surface area contributed by atoms with Crippen LogP contribution >= 0.6 is 0 Å². The maximum Gasteiger partial charge on any atom is 0.329 e. The molecule has 3 N–H and O–H groups in total. The number of carbonyl (C=O) groups is 1. The topological polar surface area (TPSA) is 87.0 Å². The Bertz CT molecular complexity index is 660. The van der Waals surface area contributed by atoms with Gasteiger partial charge in [-0.2, -0.15) is 0 Å². The molecule has 0 radical (unpaired) electrons. The molecule has 0 heterocycles. The molecule has 5 nitrogen and oxygen atoms in total. The number of allylic oxidation sites excluding steroid dienone is 1. The van der Waals surface area contributed by atoms with E-state index in [4.69, 9.17) is 9.84 Å². The highest BCUT2D eigenvalue weighted by Gasteiger charge is 2.45. The third-order valence-corrected chi connectivity index (χ3v) is 5.43. The Hall–Kier alpha value is -1.79. The Morgan fingerprint density at radius 1 is 1.37 bits per heavy atom. The van der Waals surface area contributed by atoms with Crippen molar-refractivity contribution in [1.29, 1.82) is 0 Å². The number of carboxylic acid groups (broad SMARTS) is 1. The van der Waals surface area contributed by atoms with Crippen LogP contribution in [0.2, 0.25) is 0 Å². The summed E-state index contributed by atoms with van der Waals surface area (Å²) in [6.45, 7) is 3.94. The normalized spacial score (nSPS) is 30.0. The van der Waals surface area contributed by atoms with E-state index < -0.39 is 18.2 Å². The van der Waals surface area contributed by atoms with Crippen molar-refractivity contribution in [2.24, 2.45) is 23.7 Å². The minimum Gasteiger partial charge on any atom is -0.480 e. The summed E-state index contributed by atoms with van der Waals surface area (Å²) in [5.74, 6) is 11.7. The van der Waals surface area contributed by atoms with Gasteiger partial charge in [-0.15, -0.1) is 11.8 Å². The van der Waals surface area contributed by atoms with E-state index in [9.17, 15) is 15.0 Å². The predicted octanol–water partition coefficient (Wildman–Crippen LogP) is 2.22. The van der Waals surface area contributed by atoms with E-state index in [-0.39, 0.29) is 18.4 Å². The summed E-state index contributed by atoms with van der Waals surface area (Å²) >= 11 is 0. The lowest BCUT2D eigenvalue weighted by molar-refractivity contribution is -0.141. The van der Waals surface area contributed by atoms with Crippen LogP contribution in [-0.4, -0.2) is 46.7 Å². The molecule has 0 aromatic heterocycles. The minimum atomic E-state index is -0.969. The summed E-state index contributed by atoms with van der Waals surface area (Å²) < 4.78 is 5.08. The van der Waals surface area contributed by atoms with Gasteiger partial charge in [0.2, 0.25) is 0 Å². The monoisotopic (exact) mass is 374 g/mol. The summed E-state index contributed by atoms with van der Waals surface area (Å²) in [4.78, 5) is 10.5. The van der Waals surface area contributed by atoms with Crippen LogP contribution < -0.4 is 0 Å². The van der Waals surface area contributed by atoms with Crippen LogP contribution in [0, 0.1) is 47.4 Å². The molecule has 0 bridgehead atoms. The van der Waals surface area contributed by atoms with Gasteiger partial charge in [0, 0.05) is 24.7 Å². The number of aliphatic hydroxyl groups is 2. The molecule has 0 saturated heterocycles. The van der Waals surface area contributed by atoms with Crippen LogP contribution in [-0.2, 0) is 9.53 Å². The smallest absolute Gasteiger partial charge is 0.329 e. The van der Waals surface area contributed by atoms with E-state index in [2.05, 4.69) is 23.7 Å². The van der Waals surface area contributed by atoms with Crippen LogP contribution in [0.3, 0.4) is 0 Å². The van der Waals surface area contributed by atoms with Crippen molar-refractivity contribution in [3.05, 3.63) is 11.6 Å². The van der Waals surface area contributed by atoms with Crippen LogP contribution in [0.25, 0.3) is 0 Å². The zero-order chi connectivity index (χ0) is 19.8. The molecule has 5 heteroatoms. The molecule has 0 amide bonds. The van der Waals surface area contributed by atoms with Gasteiger partial charge in [0.05, 0.1) is 12.7 Å². The maximum absolute atomic E-state index is 10.5. The fourth-order valence-electron chi connectivity index (χ4n) is 3.95. The third-order valence-electron chi connectivity index (χ3n) is 5.43. The Balaban J connectivity index is 1.91. The quantitative estimate of drug-likeness (QED) is 0.377. The minimum absolute atomic E-state index is 0.0173. The first kappa shape index (κ1) is 21.5. The van der Waals surface area contributed by atoms with Gasteiger partial charge in [-0.25, -0.2) is 4.79 Å². The Labute approximate surface area is 161 Å². The lowest BCUT2D eigenvalue weighted by Gasteiger charge is -2.16. The van der Waals surface area contributed by atoms with Crippen molar-refractivity contribution in [3.8, 4) is 23.7 Å². The molecule has 0 aromatic carbocycles. The van der Waals surface area contributed by atoms with E-state index in [1.54, 1.807) is 0 Å². The maximum atomic E-state index is 10.5. The predicted molar refractivity (Wildman–Crippen MR) is 102 cm³/mol. The molecule has 2 saturated carbocycles. The summed E-state index contributed by atoms with van der Waals surface area (Å²) in [6.07, 6.45) is 4.69. The molecule has 0 aliphatic heterocycles. The molecular weight excluding hydrogens is 344 g/mol. The fourth-order valence-corrected chi connectivity index (χ4v) is 3.95. The number of aliphatic hydroxyl groups excluding tert-OH is 2. The van der Waals surface area contributed by atoms with Crippen LogP contribution in [0.5, 0.6) is 0 Å². The summed E-state index contributed by atoms with van der Waals surface area (Å²) in [7, 11) is 0. The number of hydrogen-bond donors (Lipinski definition) is 3. The van der Waals surface area contributed by atoms with Crippen LogP contribution in [0.15, 0.2) is 11.6 Å². The van der Waals surface area contributed by atoms with E-state index in [0.29, 0.717) is 24.9 Å². The standard InChI is InChI=1S/C22H30O5/c1-3-4-5-6-15(2)20(23)8-7-18-19-12-16(9-10-27-14-22(25)26)11-17(19)13-21(18)24/h9,15,17-21,23-24H,3,6,10-14H2,1-2H3,(H,25,26)/b16-9+/t15-,17?,18?,19-,20+,21+/m0/s1. The van der Waals surface area contributed by atoms with Crippen LogP contribution in [0.1, 0.15) is 46.0 Å². The second-order valence-corrected chi connectivity index (χ2v) is 7.55. The second kappa shape index (κ2) is 10.5. The molecule has 148 valence electrons. The molecule has 2 fully saturated rings. The average Bonchev–Trinajstić information content (AvgIpc) is 3.13. The molecule has 2 unspecified atom stereocenters. The molecular formula is C22H30O5. The number of aliphatic carboxylic acids is 1. The molecule has 27 heavy (non-hydrogen) atoms. The highest BCUT2D eigenvalue weighted by Crippen LogP contribution is 2.49. The van der Waals surface area contributed by atoms with Crippen molar-refractivity contribution < 1.29 is 24.9 Å². The lowest BCUT2D eigenvalue weighted by atomic mass is 9.91. The van der Waals surface area contributed by atoms with Gasteiger partial charge >= 0.3 is 5.97 Å². The van der Waals surface area contributed by atoms with Gasteiger partial charge in [0.25, 0.3) is 0 Å². The Morgan fingerprint density at radius 3 is 2.85 bits per heavy atom. The van der Waals surface area contributed by atoms with Gasteiger partial charge in [0.15, 0.2) is 0 Å². The van der Waals surface area contributed by atoms with Crippen molar-refractivity contribution in [1.82, 2.24) is 0 Å². The number of hydrogen-bond acceptors (Lipinski definition) is 4. The largest absolute Gasteiger partial charge is 0.480 e. The van der Waals surface area contributed by atoms with Gasteiger partial charge in [-0.1, -0.05) is 37.3 Å². The fraction of sp³-hybridized carbons (Fsp3) is 0.682. The molecule has 0 aromatic rings. The molecule has 2 aliphatic carbocycles. The van der Waals surface area contributed by atoms with Crippen molar-refractivity contribution in [3.63, 3.8) is 0 Å².